The molecule has 9 heteroatoms. The van der Waals surface area contributed by atoms with E-state index in [9.17, 15) is 9.59 Å². The maximum Gasteiger partial charge on any atom is 0.338 e. The SMILES string of the molecule is CCCCCCc1ccc(OCCOc2cccc(/C=c3/sc4n(c3=O)[C@H](c3ccc(Cl)cc3)C(C(=O)OCC)=C(C)N=4)c2)cc1. The number of halogens is 1. The van der Waals surface area contributed by atoms with E-state index in [0.717, 1.165) is 23.3 Å². The first-order valence-corrected chi connectivity index (χ1v) is 17.0. The molecule has 0 N–H and O–H groups in total. The van der Waals surface area contributed by atoms with Gasteiger partial charge in [-0.2, -0.15) is 0 Å². The topological polar surface area (TPSA) is 79.1 Å². The molecule has 1 aromatic heterocycles. The van der Waals surface area contributed by atoms with Gasteiger partial charge in [-0.15, -0.1) is 0 Å². The third kappa shape index (κ3) is 8.17. The van der Waals surface area contributed by atoms with Crippen LogP contribution in [0.1, 0.15) is 69.2 Å². The number of thiazole rings is 1. The highest BCUT2D eigenvalue weighted by Gasteiger charge is 2.33. The first kappa shape index (κ1) is 33.2. The monoisotopic (exact) mass is 658 g/mol. The van der Waals surface area contributed by atoms with E-state index in [2.05, 4.69) is 24.0 Å². The van der Waals surface area contributed by atoms with Crippen molar-refractivity contribution >= 4 is 35.0 Å². The summed E-state index contributed by atoms with van der Waals surface area (Å²) in [5, 5.41) is 0.561. The molecule has 240 valence electrons. The lowest BCUT2D eigenvalue weighted by atomic mass is 9.96. The van der Waals surface area contributed by atoms with Crippen molar-refractivity contribution in [2.75, 3.05) is 19.8 Å². The molecule has 5 rings (SSSR count). The lowest BCUT2D eigenvalue weighted by Gasteiger charge is -2.24. The summed E-state index contributed by atoms with van der Waals surface area (Å²) in [4.78, 5) is 32.1. The maximum atomic E-state index is 13.9. The summed E-state index contributed by atoms with van der Waals surface area (Å²) in [6.07, 6.45) is 7.94. The molecule has 0 saturated heterocycles. The van der Waals surface area contributed by atoms with Gasteiger partial charge in [-0.05, 0) is 85.9 Å². The molecule has 0 spiro atoms. The number of rotatable bonds is 14. The fourth-order valence-corrected chi connectivity index (χ4v) is 6.60. The smallest absolute Gasteiger partial charge is 0.338 e. The number of benzene rings is 3. The predicted octanol–water partition coefficient (Wildman–Crippen LogP) is 7.03. The van der Waals surface area contributed by atoms with Gasteiger partial charge in [0.05, 0.1) is 28.5 Å². The standard InChI is InChI=1S/C37H39ClN2O5S/c1-4-6-7-8-10-26-13-19-30(20-14-26)44-21-22-45-31-12-9-11-27(23-31)24-32-35(41)40-34(28-15-17-29(38)18-16-28)33(36(42)43-5-2)25(3)39-37(40)46-32/h9,11-20,23-24,34H,4-8,10,21-22H2,1-3H3/b32-24+/t34-/m1/s1. The van der Waals surface area contributed by atoms with Gasteiger partial charge < -0.3 is 14.2 Å². The molecule has 0 saturated carbocycles. The summed E-state index contributed by atoms with van der Waals surface area (Å²) in [6.45, 7) is 6.74. The van der Waals surface area contributed by atoms with E-state index < -0.39 is 12.0 Å². The number of unbranched alkanes of at least 4 members (excludes halogenated alkanes) is 3. The summed E-state index contributed by atoms with van der Waals surface area (Å²) in [7, 11) is 0. The van der Waals surface area contributed by atoms with Gasteiger partial charge >= 0.3 is 5.97 Å². The molecule has 0 fully saturated rings. The van der Waals surface area contributed by atoms with Crippen LogP contribution in [0.4, 0.5) is 0 Å². The van der Waals surface area contributed by atoms with E-state index >= 15 is 0 Å². The molecule has 4 aromatic rings. The zero-order valence-electron chi connectivity index (χ0n) is 26.5. The van der Waals surface area contributed by atoms with Crippen molar-refractivity contribution in [3.8, 4) is 11.5 Å². The number of nitrogens with zero attached hydrogens (tertiary/aromatic N) is 2. The van der Waals surface area contributed by atoms with Crippen LogP contribution in [0.3, 0.4) is 0 Å². The average Bonchev–Trinajstić information content (AvgIpc) is 3.35. The predicted molar refractivity (Wildman–Crippen MR) is 184 cm³/mol. The number of fused-ring (bicyclic) bond motifs is 1. The van der Waals surface area contributed by atoms with Crippen LogP contribution in [0.5, 0.6) is 11.5 Å². The molecule has 0 bridgehead atoms. The van der Waals surface area contributed by atoms with Crippen molar-refractivity contribution in [3.05, 3.63) is 125 Å². The minimum Gasteiger partial charge on any atom is -0.490 e. The van der Waals surface area contributed by atoms with Crippen molar-refractivity contribution in [2.24, 2.45) is 4.99 Å². The maximum absolute atomic E-state index is 13.9. The Morgan fingerprint density at radius 2 is 1.70 bits per heavy atom. The van der Waals surface area contributed by atoms with E-state index in [0.29, 0.717) is 44.6 Å². The fraction of sp³-hybridized carbons (Fsp3) is 0.324. The summed E-state index contributed by atoms with van der Waals surface area (Å²) in [5.41, 5.74) is 3.48. The molecule has 1 atom stereocenters. The zero-order chi connectivity index (χ0) is 32.5. The second-order valence-electron chi connectivity index (χ2n) is 11.1. The van der Waals surface area contributed by atoms with Gasteiger partial charge in [0.15, 0.2) is 4.80 Å². The van der Waals surface area contributed by atoms with Crippen molar-refractivity contribution in [1.82, 2.24) is 4.57 Å². The van der Waals surface area contributed by atoms with E-state index in [4.69, 9.17) is 25.8 Å². The van der Waals surface area contributed by atoms with Gasteiger partial charge in [-0.3, -0.25) is 9.36 Å². The second-order valence-corrected chi connectivity index (χ2v) is 12.5. The largest absolute Gasteiger partial charge is 0.490 e. The molecule has 1 aliphatic heterocycles. The third-order valence-electron chi connectivity index (χ3n) is 7.72. The minimum atomic E-state index is -0.689. The van der Waals surface area contributed by atoms with Gasteiger partial charge in [0, 0.05) is 5.02 Å². The van der Waals surface area contributed by atoms with Gasteiger partial charge in [0.1, 0.15) is 24.7 Å². The van der Waals surface area contributed by atoms with Gasteiger partial charge in [0.2, 0.25) is 0 Å². The van der Waals surface area contributed by atoms with Crippen molar-refractivity contribution < 1.29 is 19.0 Å². The van der Waals surface area contributed by atoms with E-state index in [1.807, 2.05) is 54.6 Å². The quantitative estimate of drug-likeness (QED) is 0.107. The molecule has 46 heavy (non-hydrogen) atoms. The first-order valence-electron chi connectivity index (χ1n) is 15.8. The number of aryl methyl sites for hydroxylation is 1. The van der Waals surface area contributed by atoms with Crippen LogP contribution >= 0.6 is 22.9 Å². The van der Waals surface area contributed by atoms with Gasteiger partial charge in [0.25, 0.3) is 5.56 Å². The number of carbonyl (C=O) groups is 1. The number of carbonyl (C=O) groups excluding carboxylic acids is 1. The van der Waals surface area contributed by atoms with Crippen LogP contribution in [0.25, 0.3) is 6.08 Å². The van der Waals surface area contributed by atoms with Crippen LogP contribution < -0.4 is 24.4 Å². The van der Waals surface area contributed by atoms with Crippen molar-refractivity contribution in [1.29, 1.82) is 0 Å². The Kier molecular flexibility index (Phi) is 11.5. The highest BCUT2D eigenvalue weighted by molar-refractivity contribution is 7.07. The van der Waals surface area contributed by atoms with Crippen LogP contribution in [-0.2, 0) is 16.0 Å². The van der Waals surface area contributed by atoms with E-state index in [-0.39, 0.29) is 12.2 Å². The molecule has 1 aliphatic rings. The number of esters is 1. The molecule has 0 unspecified atom stereocenters. The number of aromatic nitrogens is 1. The van der Waals surface area contributed by atoms with Crippen LogP contribution in [0, 0.1) is 0 Å². The summed E-state index contributed by atoms with van der Waals surface area (Å²) in [6, 6.07) is 22.3. The Morgan fingerprint density at radius 1 is 0.957 bits per heavy atom. The Morgan fingerprint density at radius 3 is 2.41 bits per heavy atom. The lowest BCUT2D eigenvalue weighted by Crippen LogP contribution is -2.39. The number of allylic oxidation sites excluding steroid dienone is 1. The highest BCUT2D eigenvalue weighted by Crippen LogP contribution is 2.31. The van der Waals surface area contributed by atoms with Crippen LogP contribution in [0.15, 0.2) is 93.9 Å². The summed E-state index contributed by atoms with van der Waals surface area (Å²) < 4.78 is 19.3. The second kappa shape index (κ2) is 15.9. The average molecular weight is 659 g/mol. The van der Waals surface area contributed by atoms with Crippen molar-refractivity contribution in [2.45, 2.75) is 58.9 Å². The Hall–Kier alpha value is -4.14. The zero-order valence-corrected chi connectivity index (χ0v) is 28.0. The minimum absolute atomic E-state index is 0.213. The van der Waals surface area contributed by atoms with Gasteiger partial charge in [-0.25, -0.2) is 9.79 Å². The molecular formula is C37H39ClN2O5S. The number of hydrogen-bond acceptors (Lipinski definition) is 7. The molecule has 0 aliphatic carbocycles. The van der Waals surface area contributed by atoms with Crippen LogP contribution in [-0.4, -0.2) is 30.4 Å². The molecular weight excluding hydrogens is 620 g/mol. The Labute approximate surface area is 278 Å². The Balaban J connectivity index is 1.30. The lowest BCUT2D eigenvalue weighted by molar-refractivity contribution is -0.139. The van der Waals surface area contributed by atoms with E-state index in [1.54, 1.807) is 30.5 Å². The Bertz CT molecular complexity index is 1860. The highest BCUT2D eigenvalue weighted by atomic mass is 35.5. The number of ether oxygens (including phenoxy) is 3. The molecule has 0 radical (unpaired) electrons. The molecule has 3 aromatic carbocycles. The van der Waals surface area contributed by atoms with Crippen LogP contribution in [0.2, 0.25) is 5.02 Å². The fourth-order valence-electron chi connectivity index (χ4n) is 5.42. The molecule has 0 amide bonds. The number of hydrogen-bond donors (Lipinski definition) is 0. The first-order chi connectivity index (χ1) is 22.4. The van der Waals surface area contributed by atoms with Gasteiger partial charge in [-0.1, -0.05) is 85.5 Å². The molecule has 2 heterocycles. The summed E-state index contributed by atoms with van der Waals surface area (Å²) in [5.74, 6) is 0.997. The normalized spacial score (nSPS) is 14.5. The summed E-state index contributed by atoms with van der Waals surface area (Å²) >= 11 is 7.43. The third-order valence-corrected chi connectivity index (χ3v) is 8.96. The van der Waals surface area contributed by atoms with E-state index in [1.165, 1.54) is 42.6 Å². The van der Waals surface area contributed by atoms with Crippen molar-refractivity contribution in [3.63, 3.8) is 0 Å². The molecule has 7 nitrogen and oxygen atoms in total.